The summed E-state index contributed by atoms with van der Waals surface area (Å²) in [6.45, 7) is 0. The number of thioether (sulfide) groups is 1. The summed E-state index contributed by atoms with van der Waals surface area (Å²) in [5.41, 5.74) is 0.478. The van der Waals surface area contributed by atoms with E-state index in [0.717, 1.165) is 4.90 Å². The van der Waals surface area contributed by atoms with Gasteiger partial charge in [0.1, 0.15) is 5.82 Å². The zero-order valence-electron chi connectivity index (χ0n) is 11.2. The topological polar surface area (TPSA) is 58.2 Å². The number of nitrogens with one attached hydrogen (secondary N) is 2. The minimum absolute atomic E-state index is 0.0319. The first-order valence-corrected chi connectivity index (χ1v) is 7.33. The summed E-state index contributed by atoms with van der Waals surface area (Å²) in [4.78, 5) is 24.5. The first-order chi connectivity index (χ1) is 10.1. The fraction of sp³-hybridized carbons (Fsp3) is 0.0667. The number of hydrogen-bond donors (Lipinski definition) is 2. The summed E-state index contributed by atoms with van der Waals surface area (Å²) in [6.07, 6.45) is 1.91. The molecular formula is C15H13FN2O2S. The van der Waals surface area contributed by atoms with Crippen LogP contribution in [-0.2, 0) is 9.59 Å². The third kappa shape index (κ3) is 4.06. The Morgan fingerprint density at radius 2 is 1.71 bits per heavy atom. The standard InChI is InChI=1S/C15H13FN2O2S/c1-21-11-6-4-5-10(9-11)17-14(19)15(20)18-13-8-3-2-7-12(13)16/h2-9H,1H3,(H,17,19)(H,18,20). The first-order valence-electron chi connectivity index (χ1n) is 6.11. The molecule has 0 bridgehead atoms. The van der Waals surface area contributed by atoms with Gasteiger partial charge in [0.05, 0.1) is 5.69 Å². The maximum absolute atomic E-state index is 13.4. The molecule has 0 aliphatic heterocycles. The number of anilines is 2. The molecule has 2 N–H and O–H groups in total. The molecule has 2 aromatic rings. The predicted molar refractivity (Wildman–Crippen MR) is 81.9 cm³/mol. The summed E-state index contributed by atoms with van der Waals surface area (Å²) in [6, 6.07) is 12.7. The first kappa shape index (κ1) is 15.1. The summed E-state index contributed by atoms with van der Waals surface area (Å²) in [5, 5.41) is 4.70. The van der Waals surface area contributed by atoms with E-state index in [1.54, 1.807) is 24.3 Å². The Balaban J connectivity index is 2.03. The average molecular weight is 304 g/mol. The normalized spacial score (nSPS) is 10.0. The molecule has 0 fully saturated rings. The highest BCUT2D eigenvalue weighted by Gasteiger charge is 2.15. The second-order valence-electron chi connectivity index (χ2n) is 4.12. The molecule has 2 rings (SSSR count). The molecule has 4 nitrogen and oxygen atoms in total. The molecule has 6 heteroatoms. The third-order valence-electron chi connectivity index (χ3n) is 2.66. The lowest BCUT2D eigenvalue weighted by molar-refractivity contribution is -0.133. The molecule has 0 saturated carbocycles. The molecule has 0 aliphatic rings. The summed E-state index contributed by atoms with van der Waals surface area (Å²) in [5.74, 6) is -2.37. The lowest BCUT2D eigenvalue weighted by Crippen LogP contribution is -2.29. The molecule has 0 unspecified atom stereocenters. The monoisotopic (exact) mass is 304 g/mol. The van der Waals surface area contributed by atoms with Crippen molar-refractivity contribution >= 4 is 35.0 Å². The van der Waals surface area contributed by atoms with Crippen LogP contribution in [0.15, 0.2) is 53.4 Å². The molecule has 0 atom stereocenters. The second kappa shape index (κ2) is 6.90. The van der Waals surface area contributed by atoms with E-state index in [4.69, 9.17) is 0 Å². The smallest absolute Gasteiger partial charge is 0.314 e. The highest BCUT2D eigenvalue weighted by Crippen LogP contribution is 2.19. The van der Waals surface area contributed by atoms with Crippen LogP contribution in [0, 0.1) is 5.82 Å². The largest absolute Gasteiger partial charge is 0.318 e. The Morgan fingerprint density at radius 3 is 2.43 bits per heavy atom. The van der Waals surface area contributed by atoms with Crippen molar-refractivity contribution in [2.75, 3.05) is 16.9 Å². The number of carbonyl (C=O) groups is 2. The Labute approximate surface area is 125 Å². The molecule has 0 spiro atoms. The van der Waals surface area contributed by atoms with E-state index >= 15 is 0 Å². The molecule has 108 valence electrons. The minimum atomic E-state index is -0.922. The summed E-state index contributed by atoms with van der Waals surface area (Å²) < 4.78 is 13.4. The van der Waals surface area contributed by atoms with Gasteiger partial charge in [-0.05, 0) is 36.6 Å². The molecule has 0 heterocycles. The Hall–Kier alpha value is -2.34. The van der Waals surface area contributed by atoms with E-state index in [1.165, 1.54) is 30.0 Å². The van der Waals surface area contributed by atoms with Gasteiger partial charge in [0.2, 0.25) is 0 Å². The van der Waals surface area contributed by atoms with Crippen molar-refractivity contribution in [2.45, 2.75) is 4.90 Å². The number of halogens is 1. The fourth-order valence-electron chi connectivity index (χ4n) is 1.63. The number of para-hydroxylation sites is 1. The van der Waals surface area contributed by atoms with Gasteiger partial charge in [0.25, 0.3) is 0 Å². The minimum Gasteiger partial charge on any atom is -0.318 e. The van der Waals surface area contributed by atoms with Crippen LogP contribution in [0.2, 0.25) is 0 Å². The van der Waals surface area contributed by atoms with E-state index in [1.807, 2.05) is 12.3 Å². The van der Waals surface area contributed by atoms with Gasteiger partial charge in [-0.15, -0.1) is 11.8 Å². The SMILES string of the molecule is CSc1cccc(NC(=O)C(=O)Nc2ccccc2F)c1. The average Bonchev–Trinajstić information content (AvgIpc) is 2.49. The van der Waals surface area contributed by atoms with E-state index < -0.39 is 17.6 Å². The van der Waals surface area contributed by atoms with E-state index in [-0.39, 0.29) is 5.69 Å². The van der Waals surface area contributed by atoms with E-state index in [2.05, 4.69) is 10.6 Å². The second-order valence-corrected chi connectivity index (χ2v) is 5.00. The summed E-state index contributed by atoms with van der Waals surface area (Å²) >= 11 is 1.52. The third-order valence-corrected chi connectivity index (χ3v) is 3.38. The Morgan fingerprint density at radius 1 is 1.00 bits per heavy atom. The number of carbonyl (C=O) groups excluding carboxylic acids is 2. The Kier molecular flexibility index (Phi) is 4.94. The maximum Gasteiger partial charge on any atom is 0.314 e. The van der Waals surface area contributed by atoms with Crippen molar-refractivity contribution in [3.8, 4) is 0 Å². The predicted octanol–water partition coefficient (Wildman–Crippen LogP) is 3.12. The fourth-order valence-corrected chi connectivity index (χ4v) is 2.09. The Bertz CT molecular complexity index is 676. The van der Waals surface area contributed by atoms with Crippen LogP contribution < -0.4 is 10.6 Å². The van der Waals surface area contributed by atoms with Crippen LogP contribution in [0.5, 0.6) is 0 Å². The molecular weight excluding hydrogens is 291 g/mol. The van der Waals surface area contributed by atoms with Gasteiger partial charge in [-0.25, -0.2) is 4.39 Å². The van der Waals surface area contributed by atoms with Crippen molar-refractivity contribution in [1.29, 1.82) is 0 Å². The van der Waals surface area contributed by atoms with Crippen LogP contribution in [-0.4, -0.2) is 18.1 Å². The number of benzene rings is 2. The zero-order valence-corrected chi connectivity index (χ0v) is 12.0. The van der Waals surface area contributed by atoms with Crippen LogP contribution in [0.25, 0.3) is 0 Å². The van der Waals surface area contributed by atoms with E-state index in [0.29, 0.717) is 5.69 Å². The van der Waals surface area contributed by atoms with Crippen molar-refractivity contribution in [3.63, 3.8) is 0 Å². The van der Waals surface area contributed by atoms with Crippen LogP contribution in [0.4, 0.5) is 15.8 Å². The van der Waals surface area contributed by atoms with Gasteiger partial charge >= 0.3 is 11.8 Å². The quantitative estimate of drug-likeness (QED) is 0.676. The maximum atomic E-state index is 13.4. The number of amides is 2. The van der Waals surface area contributed by atoms with Crippen LogP contribution in [0.3, 0.4) is 0 Å². The number of rotatable bonds is 3. The molecule has 0 aromatic heterocycles. The van der Waals surface area contributed by atoms with Crippen molar-refractivity contribution in [2.24, 2.45) is 0 Å². The van der Waals surface area contributed by atoms with Gasteiger partial charge in [-0.2, -0.15) is 0 Å². The lowest BCUT2D eigenvalue weighted by atomic mass is 10.3. The lowest BCUT2D eigenvalue weighted by Gasteiger charge is -2.08. The van der Waals surface area contributed by atoms with Crippen LogP contribution in [0.1, 0.15) is 0 Å². The van der Waals surface area contributed by atoms with E-state index in [9.17, 15) is 14.0 Å². The van der Waals surface area contributed by atoms with Gasteiger partial charge in [0, 0.05) is 10.6 Å². The highest BCUT2D eigenvalue weighted by atomic mass is 32.2. The van der Waals surface area contributed by atoms with Gasteiger partial charge in [0.15, 0.2) is 0 Å². The molecule has 21 heavy (non-hydrogen) atoms. The van der Waals surface area contributed by atoms with Crippen molar-refractivity contribution in [3.05, 3.63) is 54.3 Å². The van der Waals surface area contributed by atoms with Crippen molar-refractivity contribution < 1.29 is 14.0 Å². The zero-order chi connectivity index (χ0) is 15.2. The molecule has 0 aliphatic carbocycles. The van der Waals surface area contributed by atoms with Gasteiger partial charge in [-0.1, -0.05) is 18.2 Å². The van der Waals surface area contributed by atoms with Crippen LogP contribution >= 0.6 is 11.8 Å². The molecule has 0 radical (unpaired) electrons. The summed E-state index contributed by atoms with van der Waals surface area (Å²) in [7, 11) is 0. The molecule has 2 aromatic carbocycles. The highest BCUT2D eigenvalue weighted by molar-refractivity contribution is 7.98. The van der Waals surface area contributed by atoms with Gasteiger partial charge < -0.3 is 10.6 Å². The van der Waals surface area contributed by atoms with Gasteiger partial charge in [-0.3, -0.25) is 9.59 Å². The van der Waals surface area contributed by atoms with Crippen molar-refractivity contribution in [1.82, 2.24) is 0 Å². The molecule has 0 saturated heterocycles. The number of hydrogen-bond acceptors (Lipinski definition) is 3. The molecule has 2 amide bonds.